The number of aromatic amines is 1. The Labute approximate surface area is 63.3 Å². The zero-order valence-electron chi connectivity index (χ0n) is 6.07. The quantitative estimate of drug-likeness (QED) is 0.517. The normalized spacial score (nSPS) is 7.73. The minimum Gasteiger partial charge on any atom is -0.370 e. The van der Waals surface area contributed by atoms with E-state index in [0.717, 1.165) is 0 Å². The van der Waals surface area contributed by atoms with Crippen molar-refractivity contribution in [2.45, 2.75) is 6.92 Å². The summed E-state index contributed by atoms with van der Waals surface area (Å²) in [5, 5.41) is 0. The summed E-state index contributed by atoms with van der Waals surface area (Å²) in [6.45, 7) is 1.31. The van der Waals surface area contributed by atoms with Crippen LogP contribution >= 0.6 is 0 Å². The molecule has 1 amide bonds. The predicted molar refractivity (Wildman–Crippen MR) is 39.7 cm³/mol. The van der Waals surface area contributed by atoms with E-state index in [1.54, 1.807) is 6.07 Å². The molecule has 5 heteroatoms. The number of aromatic nitrogens is 2. The number of primary amides is 1. The topological polar surface area (TPSA) is 88.8 Å². The maximum Gasteiger partial charge on any atom is 0.344 e. The van der Waals surface area contributed by atoms with Gasteiger partial charge in [-0.15, -0.1) is 0 Å². The summed E-state index contributed by atoms with van der Waals surface area (Å²) >= 11 is 0. The zero-order valence-corrected chi connectivity index (χ0v) is 6.07. The molecule has 0 atom stereocenters. The fourth-order valence-corrected chi connectivity index (χ4v) is 0.310. The molecule has 60 valence electrons. The standard InChI is InChI=1S/C4H4N2O.C2H5NO/c7-4-5-2-1-3-6-4;1-2(3)4/h1-3H,(H,5,6,7);1H3,(H2,3,4). The Morgan fingerprint density at radius 2 is 2.27 bits per heavy atom. The number of hydrogen-bond acceptors (Lipinski definition) is 3. The van der Waals surface area contributed by atoms with E-state index in [9.17, 15) is 9.59 Å². The molecule has 1 rings (SSSR count). The molecule has 1 aromatic rings. The average molecular weight is 155 g/mol. The van der Waals surface area contributed by atoms with Crippen LogP contribution in [0.15, 0.2) is 23.3 Å². The van der Waals surface area contributed by atoms with Crippen LogP contribution in [0.3, 0.4) is 0 Å². The van der Waals surface area contributed by atoms with Crippen LogP contribution in [0.25, 0.3) is 0 Å². The Hall–Kier alpha value is -1.65. The summed E-state index contributed by atoms with van der Waals surface area (Å²) in [6.07, 6.45) is 2.98. The van der Waals surface area contributed by atoms with Gasteiger partial charge in [0.05, 0.1) is 0 Å². The molecule has 0 aromatic carbocycles. The van der Waals surface area contributed by atoms with Crippen molar-refractivity contribution in [3.63, 3.8) is 0 Å². The number of carbonyl (C=O) groups excluding carboxylic acids is 1. The molecule has 0 bridgehead atoms. The Kier molecular flexibility index (Phi) is 4.39. The van der Waals surface area contributed by atoms with Crippen LogP contribution in [0, 0.1) is 0 Å². The van der Waals surface area contributed by atoms with Gasteiger partial charge < -0.3 is 10.7 Å². The van der Waals surface area contributed by atoms with Crippen molar-refractivity contribution in [1.29, 1.82) is 0 Å². The molecule has 0 aliphatic heterocycles. The second-order valence-electron chi connectivity index (χ2n) is 1.70. The molecule has 0 aliphatic rings. The largest absolute Gasteiger partial charge is 0.370 e. The first-order valence-electron chi connectivity index (χ1n) is 2.88. The smallest absolute Gasteiger partial charge is 0.344 e. The lowest BCUT2D eigenvalue weighted by atomic mass is 10.7. The lowest BCUT2D eigenvalue weighted by Gasteiger charge is -1.72. The highest BCUT2D eigenvalue weighted by Gasteiger charge is 1.70. The maximum absolute atomic E-state index is 10.1. The fourth-order valence-electron chi connectivity index (χ4n) is 0.310. The highest BCUT2D eigenvalue weighted by molar-refractivity contribution is 5.70. The first kappa shape index (κ1) is 9.35. The summed E-state index contributed by atoms with van der Waals surface area (Å²) in [5.41, 5.74) is 4.17. The summed E-state index contributed by atoms with van der Waals surface area (Å²) in [4.78, 5) is 25.1. The monoisotopic (exact) mass is 155 g/mol. The zero-order chi connectivity index (χ0) is 8.69. The molecule has 1 heterocycles. The molecule has 0 saturated heterocycles. The molecule has 0 unspecified atom stereocenters. The first-order valence-corrected chi connectivity index (χ1v) is 2.88. The Balaban J connectivity index is 0.000000218. The number of carbonyl (C=O) groups is 1. The number of nitrogens with one attached hydrogen (secondary N) is 1. The van der Waals surface area contributed by atoms with Crippen molar-refractivity contribution in [2.24, 2.45) is 5.73 Å². The average Bonchev–Trinajstić information content (AvgIpc) is 1.87. The van der Waals surface area contributed by atoms with E-state index >= 15 is 0 Å². The van der Waals surface area contributed by atoms with Crippen molar-refractivity contribution >= 4 is 5.91 Å². The summed E-state index contributed by atoms with van der Waals surface area (Å²) in [5.74, 6) is -0.333. The Bertz CT molecular complexity index is 247. The van der Waals surface area contributed by atoms with Crippen molar-refractivity contribution in [3.05, 3.63) is 28.9 Å². The number of amides is 1. The minimum absolute atomic E-state index is 0.303. The van der Waals surface area contributed by atoms with Crippen molar-refractivity contribution in [3.8, 4) is 0 Å². The minimum atomic E-state index is -0.333. The van der Waals surface area contributed by atoms with Gasteiger partial charge in [0.2, 0.25) is 5.91 Å². The second-order valence-corrected chi connectivity index (χ2v) is 1.70. The van der Waals surface area contributed by atoms with E-state index in [-0.39, 0.29) is 11.6 Å². The highest BCUT2D eigenvalue weighted by Crippen LogP contribution is 1.61. The molecule has 5 nitrogen and oxygen atoms in total. The number of H-pyrrole nitrogens is 1. The maximum atomic E-state index is 10.1. The summed E-state index contributed by atoms with van der Waals surface area (Å²) in [7, 11) is 0. The molecule has 0 fully saturated rings. The van der Waals surface area contributed by atoms with Crippen LogP contribution in [-0.2, 0) is 4.79 Å². The second kappa shape index (κ2) is 5.16. The van der Waals surface area contributed by atoms with Gasteiger partial charge in [-0.3, -0.25) is 4.79 Å². The van der Waals surface area contributed by atoms with Crippen LogP contribution in [0.4, 0.5) is 0 Å². The Morgan fingerprint density at radius 3 is 2.45 bits per heavy atom. The Morgan fingerprint density at radius 1 is 1.73 bits per heavy atom. The van der Waals surface area contributed by atoms with Crippen LogP contribution in [-0.4, -0.2) is 15.9 Å². The van der Waals surface area contributed by atoms with Gasteiger partial charge in [0.1, 0.15) is 0 Å². The van der Waals surface area contributed by atoms with Crippen molar-refractivity contribution in [1.82, 2.24) is 9.97 Å². The molecule has 0 saturated carbocycles. The summed E-state index contributed by atoms with van der Waals surface area (Å²) in [6, 6.07) is 1.65. The van der Waals surface area contributed by atoms with Gasteiger partial charge in [-0.1, -0.05) is 0 Å². The van der Waals surface area contributed by atoms with Gasteiger partial charge in [0, 0.05) is 19.3 Å². The molecule has 11 heavy (non-hydrogen) atoms. The van der Waals surface area contributed by atoms with Gasteiger partial charge >= 0.3 is 5.69 Å². The van der Waals surface area contributed by atoms with Gasteiger partial charge in [0.25, 0.3) is 0 Å². The van der Waals surface area contributed by atoms with Gasteiger partial charge in [0.15, 0.2) is 0 Å². The molecule has 1 aromatic heterocycles. The third-order valence-electron chi connectivity index (χ3n) is 0.581. The molecule has 0 radical (unpaired) electrons. The van der Waals surface area contributed by atoms with Crippen molar-refractivity contribution < 1.29 is 4.79 Å². The lowest BCUT2D eigenvalue weighted by molar-refractivity contribution is -0.115. The molecule has 3 N–H and O–H groups in total. The van der Waals surface area contributed by atoms with E-state index in [2.05, 4.69) is 15.7 Å². The first-order chi connectivity index (χ1) is 5.13. The van der Waals surface area contributed by atoms with Crippen LogP contribution in [0.5, 0.6) is 0 Å². The van der Waals surface area contributed by atoms with Crippen LogP contribution in [0.1, 0.15) is 6.92 Å². The molecule has 0 spiro atoms. The molecular weight excluding hydrogens is 146 g/mol. The van der Waals surface area contributed by atoms with E-state index in [4.69, 9.17) is 0 Å². The molecular formula is C6H9N3O2. The van der Waals surface area contributed by atoms with E-state index in [0.29, 0.717) is 0 Å². The third kappa shape index (κ3) is 8.35. The van der Waals surface area contributed by atoms with E-state index in [1.165, 1.54) is 19.3 Å². The summed E-state index contributed by atoms with van der Waals surface area (Å²) < 4.78 is 0. The predicted octanol–water partition coefficient (Wildman–Crippen LogP) is -0.739. The van der Waals surface area contributed by atoms with Crippen LogP contribution in [0.2, 0.25) is 0 Å². The van der Waals surface area contributed by atoms with Crippen molar-refractivity contribution in [2.75, 3.05) is 0 Å². The lowest BCUT2D eigenvalue weighted by Crippen LogP contribution is -2.05. The van der Waals surface area contributed by atoms with Crippen LogP contribution < -0.4 is 11.4 Å². The molecule has 0 aliphatic carbocycles. The van der Waals surface area contributed by atoms with E-state index in [1.807, 2.05) is 0 Å². The fraction of sp³-hybridized carbons (Fsp3) is 0.167. The third-order valence-corrected chi connectivity index (χ3v) is 0.581. The number of rotatable bonds is 0. The number of hydrogen-bond donors (Lipinski definition) is 2. The van der Waals surface area contributed by atoms with Gasteiger partial charge in [-0.25, -0.2) is 9.78 Å². The van der Waals surface area contributed by atoms with Gasteiger partial charge in [-0.2, -0.15) is 0 Å². The number of nitrogens with zero attached hydrogens (tertiary/aromatic N) is 1. The number of nitrogens with two attached hydrogens (primary N) is 1. The van der Waals surface area contributed by atoms with E-state index < -0.39 is 0 Å². The van der Waals surface area contributed by atoms with Gasteiger partial charge in [-0.05, 0) is 6.07 Å². The highest BCUT2D eigenvalue weighted by atomic mass is 16.1. The SMILES string of the molecule is CC(N)=O.O=c1nccc[nH]1.